The molecule has 1 aromatic rings. The Morgan fingerprint density at radius 3 is 2.57 bits per heavy atom. The van der Waals surface area contributed by atoms with Crippen molar-refractivity contribution in [2.45, 2.75) is 30.7 Å². The van der Waals surface area contributed by atoms with Crippen LogP contribution in [0.25, 0.3) is 0 Å². The number of rotatable bonds is 4. The number of sulfonamides is 1. The van der Waals surface area contributed by atoms with Gasteiger partial charge in [-0.25, -0.2) is 21.6 Å². The summed E-state index contributed by atoms with van der Waals surface area (Å²) >= 11 is 0. The Morgan fingerprint density at radius 2 is 2.00 bits per heavy atom. The molecule has 0 radical (unpaired) electrons. The first-order valence-electron chi connectivity index (χ1n) is 6.75. The summed E-state index contributed by atoms with van der Waals surface area (Å²) in [5.74, 6) is -4.85. The first kappa shape index (κ1) is 16.3. The predicted octanol–water partition coefficient (Wildman–Crippen LogP) is 1.87. The molecule has 1 heterocycles. The zero-order valence-electron chi connectivity index (χ0n) is 11.6. The lowest BCUT2D eigenvalue weighted by Crippen LogP contribution is -2.48. The highest BCUT2D eigenvalue weighted by molar-refractivity contribution is 7.89. The molecule has 1 saturated heterocycles. The predicted molar refractivity (Wildman–Crippen MR) is 71.8 cm³/mol. The van der Waals surface area contributed by atoms with E-state index in [2.05, 4.69) is 5.32 Å². The first-order chi connectivity index (χ1) is 9.89. The van der Waals surface area contributed by atoms with E-state index in [-0.39, 0.29) is 12.6 Å². The summed E-state index contributed by atoms with van der Waals surface area (Å²) in [5, 5.41) is 3.07. The van der Waals surface area contributed by atoms with Crippen LogP contribution >= 0.6 is 0 Å². The van der Waals surface area contributed by atoms with E-state index in [0.717, 1.165) is 23.3 Å². The average Bonchev–Trinajstić information content (AvgIpc) is 2.46. The molecule has 1 fully saturated rings. The van der Waals surface area contributed by atoms with Crippen molar-refractivity contribution in [3.8, 4) is 0 Å². The summed E-state index contributed by atoms with van der Waals surface area (Å²) < 4.78 is 66.2. The Balaban J connectivity index is 2.42. The van der Waals surface area contributed by atoms with Gasteiger partial charge in [0.2, 0.25) is 10.0 Å². The first-order valence-corrected chi connectivity index (χ1v) is 8.19. The molecule has 0 aromatic heterocycles. The number of halogens is 3. The van der Waals surface area contributed by atoms with Crippen LogP contribution in [0.15, 0.2) is 17.0 Å². The summed E-state index contributed by atoms with van der Waals surface area (Å²) in [6, 6.07) is 1.07. The molecule has 8 heteroatoms. The van der Waals surface area contributed by atoms with Crippen LogP contribution in [0.1, 0.15) is 19.8 Å². The van der Waals surface area contributed by atoms with E-state index in [4.69, 9.17) is 0 Å². The second-order valence-corrected chi connectivity index (χ2v) is 6.74. The molecule has 1 aromatic carbocycles. The van der Waals surface area contributed by atoms with Crippen LogP contribution < -0.4 is 5.32 Å². The number of hydrogen-bond donors (Lipinski definition) is 1. The monoisotopic (exact) mass is 322 g/mol. The number of benzene rings is 1. The van der Waals surface area contributed by atoms with Gasteiger partial charge in [-0.3, -0.25) is 0 Å². The summed E-state index contributed by atoms with van der Waals surface area (Å²) in [5.41, 5.74) is 0. The molecule has 1 unspecified atom stereocenters. The molecule has 0 amide bonds. The molecule has 1 N–H and O–H groups in total. The summed E-state index contributed by atoms with van der Waals surface area (Å²) in [6.07, 6.45) is 1.45. The van der Waals surface area contributed by atoms with Gasteiger partial charge >= 0.3 is 0 Å². The molecule has 118 valence electrons. The third-order valence-electron chi connectivity index (χ3n) is 3.58. The SMILES string of the molecule is CCN(C1CCCNC1)S(=O)(=O)c1ccc(F)c(F)c1F. The highest BCUT2D eigenvalue weighted by atomic mass is 32.2. The fraction of sp³-hybridized carbons (Fsp3) is 0.538. The van der Waals surface area contributed by atoms with Crippen molar-refractivity contribution in [2.24, 2.45) is 0 Å². The minimum absolute atomic E-state index is 0.132. The van der Waals surface area contributed by atoms with E-state index >= 15 is 0 Å². The number of hydrogen-bond acceptors (Lipinski definition) is 3. The topological polar surface area (TPSA) is 49.4 Å². The summed E-state index contributed by atoms with van der Waals surface area (Å²) in [7, 11) is -4.21. The standard InChI is InChI=1S/C13H17F3N2O2S/c1-2-18(9-4-3-7-17-8-9)21(19,20)11-6-5-10(14)12(15)13(11)16/h5-6,9,17H,2-4,7-8H2,1H3. The Bertz CT molecular complexity index is 616. The minimum atomic E-state index is -4.21. The molecule has 0 aliphatic carbocycles. The van der Waals surface area contributed by atoms with Gasteiger partial charge in [-0.05, 0) is 31.5 Å². The van der Waals surface area contributed by atoms with Crippen LogP contribution in [0, 0.1) is 17.5 Å². The lowest BCUT2D eigenvalue weighted by Gasteiger charge is -2.33. The molecular formula is C13H17F3N2O2S. The Morgan fingerprint density at radius 1 is 1.29 bits per heavy atom. The second kappa shape index (κ2) is 6.33. The highest BCUT2D eigenvalue weighted by Gasteiger charge is 2.34. The molecule has 1 atom stereocenters. The van der Waals surface area contributed by atoms with Crippen LogP contribution in [0.3, 0.4) is 0 Å². The molecule has 1 aliphatic heterocycles. The maximum atomic E-state index is 13.8. The van der Waals surface area contributed by atoms with Crippen LogP contribution in [0.2, 0.25) is 0 Å². The Hall–Kier alpha value is -1.12. The Labute approximate surface area is 122 Å². The van der Waals surface area contributed by atoms with Crippen molar-refractivity contribution in [3.63, 3.8) is 0 Å². The number of piperidine rings is 1. The molecular weight excluding hydrogens is 305 g/mol. The van der Waals surface area contributed by atoms with Crippen LogP contribution in [0.5, 0.6) is 0 Å². The van der Waals surface area contributed by atoms with E-state index in [9.17, 15) is 21.6 Å². The maximum Gasteiger partial charge on any atom is 0.246 e. The van der Waals surface area contributed by atoms with Gasteiger partial charge in [0.15, 0.2) is 17.5 Å². The van der Waals surface area contributed by atoms with Crippen LogP contribution in [0.4, 0.5) is 13.2 Å². The smallest absolute Gasteiger partial charge is 0.246 e. The van der Waals surface area contributed by atoms with Gasteiger partial charge in [-0.15, -0.1) is 0 Å². The van der Waals surface area contributed by atoms with E-state index in [0.29, 0.717) is 19.0 Å². The van der Waals surface area contributed by atoms with Crippen molar-refractivity contribution in [1.82, 2.24) is 9.62 Å². The van der Waals surface area contributed by atoms with E-state index in [1.807, 2.05) is 0 Å². The fourth-order valence-corrected chi connectivity index (χ4v) is 4.26. The van der Waals surface area contributed by atoms with Gasteiger partial charge in [-0.2, -0.15) is 4.31 Å². The number of nitrogens with zero attached hydrogens (tertiary/aromatic N) is 1. The van der Waals surface area contributed by atoms with Crippen LogP contribution in [-0.2, 0) is 10.0 Å². The molecule has 4 nitrogen and oxygen atoms in total. The zero-order chi connectivity index (χ0) is 15.6. The molecule has 0 bridgehead atoms. The van der Waals surface area contributed by atoms with Gasteiger partial charge in [0.1, 0.15) is 4.90 Å². The zero-order valence-corrected chi connectivity index (χ0v) is 12.4. The number of nitrogens with one attached hydrogen (secondary N) is 1. The average molecular weight is 322 g/mol. The Kier molecular flexibility index (Phi) is 4.90. The maximum absolute atomic E-state index is 13.8. The molecule has 0 saturated carbocycles. The molecule has 2 rings (SSSR count). The van der Waals surface area contributed by atoms with Gasteiger partial charge in [-0.1, -0.05) is 6.92 Å². The van der Waals surface area contributed by atoms with Crippen molar-refractivity contribution < 1.29 is 21.6 Å². The van der Waals surface area contributed by atoms with Crippen molar-refractivity contribution in [3.05, 3.63) is 29.6 Å². The largest absolute Gasteiger partial charge is 0.315 e. The van der Waals surface area contributed by atoms with E-state index in [1.165, 1.54) is 0 Å². The highest BCUT2D eigenvalue weighted by Crippen LogP contribution is 2.25. The molecule has 1 aliphatic rings. The number of likely N-dealkylation sites (N-methyl/N-ethyl adjacent to an activating group) is 1. The van der Waals surface area contributed by atoms with Gasteiger partial charge in [0.25, 0.3) is 0 Å². The quantitative estimate of drug-likeness (QED) is 0.861. The third-order valence-corrected chi connectivity index (χ3v) is 5.62. The molecule has 0 spiro atoms. The van der Waals surface area contributed by atoms with Gasteiger partial charge in [0.05, 0.1) is 0 Å². The molecule has 21 heavy (non-hydrogen) atoms. The minimum Gasteiger partial charge on any atom is -0.315 e. The van der Waals surface area contributed by atoms with Crippen molar-refractivity contribution >= 4 is 10.0 Å². The van der Waals surface area contributed by atoms with Crippen LogP contribution in [-0.4, -0.2) is 38.4 Å². The summed E-state index contributed by atoms with van der Waals surface area (Å²) in [4.78, 5) is -0.825. The third kappa shape index (κ3) is 3.07. The van der Waals surface area contributed by atoms with Crippen molar-refractivity contribution in [2.75, 3.05) is 19.6 Å². The lowest BCUT2D eigenvalue weighted by molar-refractivity contribution is 0.273. The second-order valence-electron chi connectivity index (χ2n) is 4.88. The normalized spacial score (nSPS) is 20.0. The fourth-order valence-electron chi connectivity index (χ4n) is 2.54. The van der Waals surface area contributed by atoms with Gasteiger partial charge < -0.3 is 5.32 Å². The van der Waals surface area contributed by atoms with E-state index in [1.54, 1.807) is 6.92 Å². The van der Waals surface area contributed by atoms with Gasteiger partial charge in [0, 0.05) is 19.1 Å². The van der Waals surface area contributed by atoms with E-state index < -0.39 is 32.4 Å². The summed E-state index contributed by atoms with van der Waals surface area (Å²) in [6.45, 7) is 3.02. The van der Waals surface area contributed by atoms with Crippen molar-refractivity contribution in [1.29, 1.82) is 0 Å². The lowest BCUT2D eigenvalue weighted by atomic mass is 10.1.